The number of anilines is 1. The van der Waals surface area contributed by atoms with E-state index in [1.54, 1.807) is 25.1 Å². The summed E-state index contributed by atoms with van der Waals surface area (Å²) in [6.07, 6.45) is 3.32. The normalized spacial score (nSPS) is 11.4. The van der Waals surface area contributed by atoms with E-state index in [1.807, 2.05) is 66.9 Å². The Morgan fingerprint density at radius 3 is 2.12 bits per heavy atom. The zero-order valence-electron chi connectivity index (χ0n) is 23.7. The molecule has 1 heterocycles. The van der Waals surface area contributed by atoms with Crippen LogP contribution in [0.1, 0.15) is 32.3 Å². The van der Waals surface area contributed by atoms with Crippen LogP contribution in [0.15, 0.2) is 96.0 Å². The van der Waals surface area contributed by atoms with Gasteiger partial charge in [0, 0.05) is 30.3 Å². The highest BCUT2D eigenvalue weighted by Crippen LogP contribution is 2.31. The molecule has 0 radical (unpaired) electrons. The number of nitrogens with zero attached hydrogens (tertiary/aromatic N) is 3. The fourth-order valence-electron chi connectivity index (χ4n) is 4.50. The molecule has 0 atom stereocenters. The monoisotopic (exact) mass is 572 g/mol. The van der Waals surface area contributed by atoms with Crippen molar-refractivity contribution >= 4 is 21.7 Å². The van der Waals surface area contributed by atoms with Gasteiger partial charge in [-0.25, -0.2) is 18.1 Å². The maximum absolute atomic E-state index is 12.5. The van der Waals surface area contributed by atoms with Gasteiger partial charge < -0.3 is 9.64 Å². The molecule has 0 spiro atoms. The summed E-state index contributed by atoms with van der Waals surface area (Å²) in [5, 5.41) is 0. The van der Waals surface area contributed by atoms with Crippen molar-refractivity contribution in [3.63, 3.8) is 0 Å². The van der Waals surface area contributed by atoms with Crippen molar-refractivity contribution in [1.82, 2.24) is 14.7 Å². The second-order valence-corrected chi connectivity index (χ2v) is 11.6. The predicted octanol–water partition coefficient (Wildman–Crippen LogP) is 5.64. The number of rotatable bonds is 13. The Morgan fingerprint density at radius 2 is 1.49 bits per heavy atom. The Hall–Kier alpha value is -4.08. The first-order valence-electron chi connectivity index (χ1n) is 13.7. The van der Waals surface area contributed by atoms with Crippen LogP contribution in [-0.4, -0.2) is 50.1 Å². The molecule has 3 aromatic carbocycles. The highest BCUT2D eigenvalue weighted by Gasteiger charge is 2.20. The Balaban J connectivity index is 1.34. The van der Waals surface area contributed by atoms with Crippen LogP contribution in [-0.2, 0) is 19.6 Å². The zero-order valence-corrected chi connectivity index (χ0v) is 24.5. The van der Waals surface area contributed by atoms with Gasteiger partial charge in [-0.3, -0.25) is 9.78 Å². The second-order valence-electron chi connectivity index (χ2n) is 10.00. The van der Waals surface area contributed by atoms with Crippen molar-refractivity contribution in [2.24, 2.45) is 0 Å². The number of carbonyl (C=O) groups excluding carboxylic acids is 1. The molecule has 0 saturated heterocycles. The number of aryl methyl sites for hydroxylation is 1. The Bertz CT molecular complexity index is 1540. The van der Waals surface area contributed by atoms with Gasteiger partial charge in [0.05, 0.1) is 22.5 Å². The third kappa shape index (κ3) is 7.99. The van der Waals surface area contributed by atoms with Crippen LogP contribution < -0.4 is 9.62 Å². The number of unbranched alkanes of at least 4 members (excludes halogenated alkanes) is 1. The number of sulfonamides is 1. The molecule has 1 N–H and O–H groups in total. The lowest BCUT2D eigenvalue weighted by Gasteiger charge is -2.28. The first kappa shape index (κ1) is 29.9. The predicted molar refractivity (Wildman–Crippen MR) is 162 cm³/mol. The Kier molecular flexibility index (Phi) is 10.2. The maximum atomic E-state index is 12.5. The summed E-state index contributed by atoms with van der Waals surface area (Å²) in [6, 6.07) is 26.8. The van der Waals surface area contributed by atoms with Crippen LogP contribution in [0.4, 0.5) is 5.82 Å². The lowest BCUT2D eigenvalue weighted by Crippen LogP contribution is -2.34. The fourth-order valence-corrected chi connectivity index (χ4v) is 5.72. The van der Waals surface area contributed by atoms with E-state index in [-0.39, 0.29) is 17.5 Å². The van der Waals surface area contributed by atoms with E-state index in [1.165, 1.54) is 6.07 Å². The first-order valence-corrected chi connectivity index (χ1v) is 15.2. The average molecular weight is 573 g/mol. The SMILES string of the molecule is Cc1ccccc1S(=O)(=O)NC(=O)COCCCCN(c1cnc(-c2ccccc2)c(-c2ccccc2)n1)C(C)C. The Morgan fingerprint density at radius 1 is 0.878 bits per heavy atom. The molecule has 4 rings (SSSR count). The van der Waals surface area contributed by atoms with Gasteiger partial charge in [0.2, 0.25) is 0 Å². The van der Waals surface area contributed by atoms with Gasteiger partial charge in [-0.15, -0.1) is 0 Å². The molecule has 4 aromatic rings. The van der Waals surface area contributed by atoms with Crippen molar-refractivity contribution in [2.45, 2.75) is 44.6 Å². The molecule has 0 bridgehead atoms. The molecule has 1 amide bonds. The number of aromatic nitrogens is 2. The Labute approximate surface area is 242 Å². The van der Waals surface area contributed by atoms with Crippen LogP contribution >= 0.6 is 0 Å². The van der Waals surface area contributed by atoms with Crippen LogP contribution in [0.25, 0.3) is 22.5 Å². The fraction of sp³-hybridized carbons (Fsp3) is 0.281. The molecule has 0 aliphatic heterocycles. The van der Waals surface area contributed by atoms with Crippen molar-refractivity contribution in [2.75, 3.05) is 24.7 Å². The molecule has 9 heteroatoms. The van der Waals surface area contributed by atoms with Crippen LogP contribution in [0.3, 0.4) is 0 Å². The summed E-state index contributed by atoms with van der Waals surface area (Å²) in [5.74, 6) is 0.0968. The molecule has 1 aromatic heterocycles. The number of hydrogen-bond acceptors (Lipinski definition) is 7. The van der Waals surface area contributed by atoms with Crippen molar-refractivity contribution in [3.8, 4) is 22.5 Å². The summed E-state index contributed by atoms with van der Waals surface area (Å²) in [5.41, 5.74) is 4.24. The van der Waals surface area contributed by atoms with Gasteiger partial charge in [0.25, 0.3) is 15.9 Å². The summed E-state index contributed by atoms with van der Waals surface area (Å²) in [7, 11) is -3.93. The van der Waals surface area contributed by atoms with Gasteiger partial charge in [0.15, 0.2) is 0 Å². The highest BCUT2D eigenvalue weighted by molar-refractivity contribution is 7.90. The quantitative estimate of drug-likeness (QED) is 0.207. The molecular weight excluding hydrogens is 536 g/mol. The topological polar surface area (TPSA) is 101 Å². The largest absolute Gasteiger partial charge is 0.372 e. The highest BCUT2D eigenvalue weighted by atomic mass is 32.2. The molecule has 0 fully saturated rings. The van der Waals surface area contributed by atoms with Gasteiger partial charge in [0.1, 0.15) is 12.4 Å². The molecule has 214 valence electrons. The average Bonchev–Trinajstić information content (AvgIpc) is 2.97. The van der Waals surface area contributed by atoms with Crippen molar-refractivity contribution < 1.29 is 17.9 Å². The van der Waals surface area contributed by atoms with E-state index in [0.717, 1.165) is 41.3 Å². The number of benzene rings is 3. The van der Waals surface area contributed by atoms with Crippen LogP contribution in [0.2, 0.25) is 0 Å². The molecule has 0 unspecified atom stereocenters. The minimum absolute atomic E-state index is 0.0810. The number of carbonyl (C=O) groups is 1. The molecule has 8 nitrogen and oxygen atoms in total. The summed E-state index contributed by atoms with van der Waals surface area (Å²) in [6.45, 7) is 6.64. The number of ether oxygens (including phenoxy) is 1. The minimum atomic E-state index is -3.93. The second kappa shape index (κ2) is 14.0. The summed E-state index contributed by atoms with van der Waals surface area (Å²) >= 11 is 0. The molecular formula is C32H36N4O4S. The number of amides is 1. The smallest absolute Gasteiger partial charge is 0.264 e. The summed E-state index contributed by atoms with van der Waals surface area (Å²) < 4.78 is 32.5. The van der Waals surface area contributed by atoms with E-state index in [0.29, 0.717) is 18.6 Å². The number of hydrogen-bond donors (Lipinski definition) is 1. The van der Waals surface area contributed by atoms with Gasteiger partial charge in [-0.1, -0.05) is 78.9 Å². The van der Waals surface area contributed by atoms with Gasteiger partial charge in [-0.05, 0) is 45.2 Å². The third-order valence-corrected chi connectivity index (χ3v) is 8.11. The molecule has 0 saturated carbocycles. The lowest BCUT2D eigenvalue weighted by atomic mass is 10.0. The zero-order chi connectivity index (χ0) is 29.2. The maximum Gasteiger partial charge on any atom is 0.264 e. The first-order chi connectivity index (χ1) is 19.8. The van der Waals surface area contributed by atoms with Crippen LogP contribution in [0, 0.1) is 6.92 Å². The van der Waals surface area contributed by atoms with E-state index < -0.39 is 15.9 Å². The molecule has 0 aliphatic rings. The molecule has 41 heavy (non-hydrogen) atoms. The van der Waals surface area contributed by atoms with Crippen LogP contribution in [0.5, 0.6) is 0 Å². The van der Waals surface area contributed by atoms with E-state index >= 15 is 0 Å². The van der Waals surface area contributed by atoms with E-state index in [4.69, 9.17) is 14.7 Å². The molecule has 0 aliphatic carbocycles. The van der Waals surface area contributed by atoms with Gasteiger partial charge in [-0.2, -0.15) is 0 Å². The van der Waals surface area contributed by atoms with Crippen molar-refractivity contribution in [3.05, 3.63) is 96.7 Å². The summed E-state index contributed by atoms with van der Waals surface area (Å²) in [4.78, 5) is 24.4. The third-order valence-electron chi connectivity index (χ3n) is 6.57. The van der Waals surface area contributed by atoms with E-state index in [9.17, 15) is 13.2 Å². The minimum Gasteiger partial charge on any atom is -0.372 e. The van der Waals surface area contributed by atoms with Crippen molar-refractivity contribution in [1.29, 1.82) is 0 Å². The number of nitrogens with one attached hydrogen (secondary N) is 1. The standard InChI is InChI=1S/C32H36N4O4S/c1-24(2)36(20-12-13-21-40-23-30(37)35-41(38,39)28-19-11-10-14-25(28)3)29-22-33-31(26-15-6-4-7-16-26)32(34-29)27-17-8-5-9-18-27/h4-11,14-19,22,24H,12-13,20-21,23H2,1-3H3,(H,35,37). The van der Waals surface area contributed by atoms with Gasteiger partial charge >= 0.3 is 0 Å². The van der Waals surface area contributed by atoms with E-state index in [2.05, 4.69) is 23.5 Å². The lowest BCUT2D eigenvalue weighted by molar-refractivity contribution is -0.123.